The zero-order chi connectivity index (χ0) is 35.5. The number of hydrogen-bond donors (Lipinski definition) is 0. The van der Waals surface area contributed by atoms with Gasteiger partial charge in [-0.3, -0.25) is 0 Å². The van der Waals surface area contributed by atoms with Crippen molar-refractivity contribution in [2.75, 3.05) is 71.7 Å². The fourth-order valence-corrected chi connectivity index (χ4v) is 6.09. The minimum Gasteiger partial charge on any atom is -0.497 e. The van der Waals surface area contributed by atoms with E-state index < -0.39 is 23.8 Å². The lowest BCUT2D eigenvalue weighted by Gasteiger charge is -2.38. The Morgan fingerprint density at radius 1 is 0.860 bits per heavy atom. The fourth-order valence-electron chi connectivity index (χ4n) is 6.09. The molecule has 0 saturated carbocycles. The first-order valence-corrected chi connectivity index (χ1v) is 17.3. The number of esters is 1. The van der Waals surface area contributed by atoms with Gasteiger partial charge in [0.25, 0.3) is 0 Å². The number of rotatable bonds is 14. The van der Waals surface area contributed by atoms with E-state index >= 15 is 0 Å². The van der Waals surface area contributed by atoms with Crippen LogP contribution in [0.1, 0.15) is 61.9 Å². The maximum Gasteiger partial charge on any atom is 0.410 e. The Kier molecular flexibility index (Phi) is 12.7. The molecule has 2 heterocycles. The molecule has 5 rings (SSSR count). The molecule has 3 aromatic carbocycles. The Labute approximate surface area is 295 Å². The molecule has 3 aromatic rings. The van der Waals surface area contributed by atoms with E-state index in [0.717, 1.165) is 53.8 Å². The number of carbonyl (C=O) groups excluding carboxylic acids is 2. The van der Waals surface area contributed by atoms with Crippen LogP contribution >= 0.6 is 0 Å². The number of methoxy groups -OCH3 is 2. The maximum atomic E-state index is 13.7. The van der Waals surface area contributed by atoms with Gasteiger partial charge in [0.05, 0.1) is 44.7 Å². The highest BCUT2D eigenvalue weighted by Gasteiger charge is 2.37. The van der Waals surface area contributed by atoms with Crippen molar-refractivity contribution in [1.82, 2.24) is 4.90 Å². The summed E-state index contributed by atoms with van der Waals surface area (Å²) in [6.07, 6.45) is 1.16. The van der Waals surface area contributed by atoms with Crippen molar-refractivity contribution in [3.8, 4) is 23.0 Å². The molecule has 2 unspecified atom stereocenters. The van der Waals surface area contributed by atoms with Crippen molar-refractivity contribution in [2.45, 2.75) is 57.7 Å². The van der Waals surface area contributed by atoms with Gasteiger partial charge in [-0.2, -0.15) is 0 Å². The monoisotopic (exact) mass is 690 g/mol. The molecule has 0 aliphatic carbocycles. The van der Waals surface area contributed by atoms with Gasteiger partial charge in [0.2, 0.25) is 0 Å². The number of hydrogen-bond acceptors (Lipinski definition) is 10. The molecular formula is C39H50N2O9. The van der Waals surface area contributed by atoms with Crippen LogP contribution in [0.4, 0.5) is 10.5 Å². The number of anilines is 1. The Morgan fingerprint density at radius 2 is 1.62 bits per heavy atom. The summed E-state index contributed by atoms with van der Waals surface area (Å²) in [5, 5.41) is 0. The zero-order valence-electron chi connectivity index (χ0n) is 29.9. The average molecular weight is 691 g/mol. The fraction of sp³-hybridized carbons (Fsp3) is 0.487. The van der Waals surface area contributed by atoms with Gasteiger partial charge in [0.15, 0.2) is 0 Å². The predicted octanol–water partition coefficient (Wildman–Crippen LogP) is 6.73. The van der Waals surface area contributed by atoms with Crippen molar-refractivity contribution < 1.29 is 42.7 Å². The van der Waals surface area contributed by atoms with Crippen molar-refractivity contribution in [1.29, 1.82) is 0 Å². The van der Waals surface area contributed by atoms with Gasteiger partial charge in [-0.25, -0.2) is 9.59 Å². The summed E-state index contributed by atoms with van der Waals surface area (Å²) < 4.78 is 40.0. The molecule has 1 saturated heterocycles. The third kappa shape index (κ3) is 10.2. The molecule has 2 aliphatic rings. The van der Waals surface area contributed by atoms with Gasteiger partial charge in [-0.1, -0.05) is 18.2 Å². The summed E-state index contributed by atoms with van der Waals surface area (Å²) in [5.41, 5.74) is 1.65. The highest BCUT2D eigenvalue weighted by atomic mass is 16.6. The number of amides is 1. The third-order valence-electron chi connectivity index (χ3n) is 8.58. The number of benzene rings is 3. The van der Waals surface area contributed by atoms with Crippen molar-refractivity contribution in [3.05, 3.63) is 77.9 Å². The molecule has 0 spiro atoms. The van der Waals surface area contributed by atoms with Crippen LogP contribution in [0.25, 0.3) is 0 Å². The Bertz CT molecular complexity index is 1560. The lowest BCUT2D eigenvalue weighted by atomic mass is 9.87. The highest BCUT2D eigenvalue weighted by molar-refractivity contribution is 5.91. The lowest BCUT2D eigenvalue weighted by Crippen LogP contribution is -2.49. The topological polar surface area (TPSA) is 105 Å². The minimum absolute atomic E-state index is 0.130. The summed E-state index contributed by atoms with van der Waals surface area (Å²) in [6.45, 7) is 9.96. The van der Waals surface area contributed by atoms with Crippen LogP contribution in [0.3, 0.4) is 0 Å². The van der Waals surface area contributed by atoms with Crippen LogP contribution in [0.2, 0.25) is 0 Å². The van der Waals surface area contributed by atoms with Crippen molar-refractivity contribution >= 4 is 17.7 Å². The Hall–Kier alpha value is -4.64. The second-order valence-electron chi connectivity index (χ2n) is 13.4. The third-order valence-corrected chi connectivity index (χ3v) is 8.58. The summed E-state index contributed by atoms with van der Waals surface area (Å²) in [7, 11) is 3.32. The van der Waals surface area contributed by atoms with E-state index in [1.165, 1.54) is 0 Å². The largest absolute Gasteiger partial charge is 0.497 e. The van der Waals surface area contributed by atoms with Crippen LogP contribution in [-0.2, 0) is 14.2 Å². The van der Waals surface area contributed by atoms with E-state index in [0.29, 0.717) is 51.4 Å². The maximum absolute atomic E-state index is 13.7. The summed E-state index contributed by atoms with van der Waals surface area (Å²) >= 11 is 0. The Morgan fingerprint density at radius 3 is 2.36 bits per heavy atom. The first-order valence-electron chi connectivity index (χ1n) is 17.3. The van der Waals surface area contributed by atoms with Gasteiger partial charge < -0.3 is 43.0 Å². The number of nitrogens with zero attached hydrogens (tertiary/aromatic N) is 2. The number of piperidine rings is 1. The Balaban J connectivity index is 1.24. The minimum atomic E-state index is -0.641. The van der Waals surface area contributed by atoms with Crippen LogP contribution in [0.5, 0.6) is 23.0 Å². The van der Waals surface area contributed by atoms with E-state index in [4.69, 9.17) is 33.2 Å². The lowest BCUT2D eigenvalue weighted by molar-refractivity contribution is -0.0182. The molecular weight excluding hydrogens is 640 g/mol. The van der Waals surface area contributed by atoms with Crippen molar-refractivity contribution in [3.63, 3.8) is 0 Å². The number of fused-ring (bicyclic) bond motifs is 1. The van der Waals surface area contributed by atoms with Gasteiger partial charge in [0.1, 0.15) is 41.3 Å². The van der Waals surface area contributed by atoms with Crippen LogP contribution in [0.15, 0.2) is 66.7 Å². The second-order valence-corrected chi connectivity index (χ2v) is 13.4. The molecule has 270 valence electrons. The molecule has 50 heavy (non-hydrogen) atoms. The normalized spacial score (nSPS) is 17.3. The van der Waals surface area contributed by atoms with Crippen LogP contribution in [-0.4, -0.2) is 95.5 Å². The van der Waals surface area contributed by atoms with E-state index in [1.807, 2.05) is 81.4 Å². The van der Waals surface area contributed by atoms with E-state index in [9.17, 15) is 9.59 Å². The van der Waals surface area contributed by atoms with Crippen LogP contribution < -0.4 is 23.8 Å². The molecule has 11 nitrogen and oxygen atoms in total. The van der Waals surface area contributed by atoms with Gasteiger partial charge >= 0.3 is 12.1 Å². The van der Waals surface area contributed by atoms with Gasteiger partial charge in [0, 0.05) is 45.2 Å². The number of ether oxygens (including phenoxy) is 7. The van der Waals surface area contributed by atoms with Gasteiger partial charge in [-0.15, -0.1) is 0 Å². The highest BCUT2D eigenvalue weighted by Crippen LogP contribution is 2.35. The SMILES string of the molecule is COCCCN1CCOc2ccc(C(=O)OC3CN(C(=O)OC(C)(C)C)CCC3c3ccc(OCCCOc4cccc(OC)c4)cc3)cc21. The molecule has 0 radical (unpaired) electrons. The smallest absolute Gasteiger partial charge is 0.410 e. The van der Waals surface area contributed by atoms with Crippen molar-refractivity contribution in [2.24, 2.45) is 0 Å². The van der Waals surface area contributed by atoms with Gasteiger partial charge in [-0.05, 0) is 81.6 Å². The van der Waals surface area contributed by atoms with E-state index in [2.05, 4.69) is 4.90 Å². The molecule has 1 fully saturated rings. The number of carbonyl (C=O) groups is 2. The quantitative estimate of drug-likeness (QED) is 0.134. The molecule has 1 amide bonds. The second kappa shape index (κ2) is 17.3. The first-order chi connectivity index (χ1) is 24.1. The number of likely N-dealkylation sites (tertiary alicyclic amines) is 1. The summed E-state index contributed by atoms with van der Waals surface area (Å²) in [4.78, 5) is 30.6. The molecule has 2 aliphatic heterocycles. The predicted molar refractivity (Wildman–Crippen MR) is 190 cm³/mol. The van der Waals surface area contributed by atoms with E-state index in [1.54, 1.807) is 25.2 Å². The summed E-state index contributed by atoms with van der Waals surface area (Å²) in [6, 6.07) is 20.8. The summed E-state index contributed by atoms with van der Waals surface area (Å²) in [5.74, 6) is 2.40. The molecule has 0 aromatic heterocycles. The molecule has 11 heteroatoms. The molecule has 2 atom stereocenters. The van der Waals surface area contributed by atoms with Crippen LogP contribution in [0, 0.1) is 0 Å². The average Bonchev–Trinajstić information content (AvgIpc) is 3.11. The zero-order valence-corrected chi connectivity index (χ0v) is 29.9. The van der Waals surface area contributed by atoms with E-state index in [-0.39, 0.29) is 12.5 Å². The molecule has 0 bridgehead atoms. The molecule has 0 N–H and O–H groups in total. The standard InChI is InChI=1S/C39H50N2O9/c1-39(2,3)50-38(43)41-19-17-33(28-11-14-30(15-12-28)46-22-8-23-47-32-10-6-9-31(26-32)45-5)36(27-41)49-37(42)29-13-16-35-34(25-29)40(20-24-48-35)18-7-21-44-4/h6,9-16,25-26,33,36H,7-8,17-24,27H2,1-5H3. The first kappa shape index (κ1) is 36.6.